The average Bonchev–Trinajstić information content (AvgIpc) is 3.23. The van der Waals surface area contributed by atoms with Crippen LogP contribution >= 0.6 is 0 Å². The van der Waals surface area contributed by atoms with E-state index in [-0.39, 0.29) is 17.9 Å². The van der Waals surface area contributed by atoms with Crippen molar-refractivity contribution in [1.29, 1.82) is 0 Å². The molecule has 0 bridgehead atoms. The molecular formula is C21H28F3N5O2. The SMILES string of the molecule is CC1COCCC1N[C@@H]1CC=C(C(=O)N2CCN(c3nccc(C(F)(F)F)n3)CC2)C1. The lowest BCUT2D eigenvalue weighted by atomic mass is 9.96. The molecule has 4 rings (SSSR count). The second-order valence-electron chi connectivity index (χ2n) is 8.50. The monoisotopic (exact) mass is 439 g/mol. The van der Waals surface area contributed by atoms with Gasteiger partial charge in [-0.1, -0.05) is 13.0 Å². The number of anilines is 1. The number of piperazine rings is 1. The Balaban J connectivity index is 1.28. The number of ether oxygens (including phenoxy) is 1. The van der Waals surface area contributed by atoms with Crippen LogP contribution in [-0.4, -0.2) is 72.3 Å². The fourth-order valence-electron chi connectivity index (χ4n) is 4.42. The molecule has 2 aliphatic heterocycles. The van der Waals surface area contributed by atoms with E-state index in [1.165, 1.54) is 0 Å². The summed E-state index contributed by atoms with van der Waals surface area (Å²) in [6.45, 7) is 5.40. The van der Waals surface area contributed by atoms with Crippen molar-refractivity contribution in [2.45, 2.75) is 44.4 Å². The molecule has 3 atom stereocenters. The molecule has 3 aliphatic rings. The fraction of sp³-hybridized carbons (Fsp3) is 0.667. The molecule has 2 unspecified atom stereocenters. The topological polar surface area (TPSA) is 70.6 Å². The van der Waals surface area contributed by atoms with Gasteiger partial charge < -0.3 is 19.9 Å². The maximum atomic E-state index is 12.9. The van der Waals surface area contributed by atoms with Crippen molar-refractivity contribution in [1.82, 2.24) is 20.2 Å². The number of hydrogen-bond donors (Lipinski definition) is 1. The Labute approximate surface area is 179 Å². The molecular weight excluding hydrogens is 411 g/mol. The number of hydrogen-bond acceptors (Lipinski definition) is 6. The average molecular weight is 439 g/mol. The number of amides is 1. The number of aromatic nitrogens is 2. The summed E-state index contributed by atoms with van der Waals surface area (Å²) < 4.78 is 44.2. The Hall–Kier alpha value is -2.20. The van der Waals surface area contributed by atoms with E-state index in [9.17, 15) is 18.0 Å². The van der Waals surface area contributed by atoms with E-state index in [2.05, 4.69) is 22.2 Å². The smallest absolute Gasteiger partial charge is 0.381 e. The predicted molar refractivity (Wildman–Crippen MR) is 108 cm³/mol. The van der Waals surface area contributed by atoms with Crippen LogP contribution in [0, 0.1) is 5.92 Å². The number of halogens is 3. The van der Waals surface area contributed by atoms with Crippen molar-refractivity contribution in [3.05, 3.63) is 29.6 Å². The van der Waals surface area contributed by atoms with Crippen LogP contribution in [-0.2, 0) is 15.7 Å². The zero-order valence-electron chi connectivity index (χ0n) is 17.6. The maximum Gasteiger partial charge on any atom is 0.433 e. The first-order chi connectivity index (χ1) is 14.8. The van der Waals surface area contributed by atoms with Gasteiger partial charge in [-0.2, -0.15) is 13.2 Å². The molecule has 31 heavy (non-hydrogen) atoms. The number of nitrogens with zero attached hydrogens (tertiary/aromatic N) is 4. The summed E-state index contributed by atoms with van der Waals surface area (Å²) in [4.78, 5) is 24.0. The molecule has 0 saturated carbocycles. The van der Waals surface area contributed by atoms with Gasteiger partial charge in [-0.3, -0.25) is 4.79 Å². The number of nitrogens with one attached hydrogen (secondary N) is 1. The zero-order chi connectivity index (χ0) is 22.0. The van der Waals surface area contributed by atoms with Gasteiger partial charge in [0.25, 0.3) is 0 Å². The van der Waals surface area contributed by atoms with E-state index < -0.39 is 11.9 Å². The first-order valence-electron chi connectivity index (χ1n) is 10.8. The minimum atomic E-state index is -4.50. The number of carbonyl (C=O) groups is 1. The number of alkyl halides is 3. The molecule has 1 amide bonds. The van der Waals surface area contributed by atoms with Crippen LogP contribution in [0.3, 0.4) is 0 Å². The first-order valence-corrected chi connectivity index (χ1v) is 10.8. The molecule has 10 heteroatoms. The fourth-order valence-corrected chi connectivity index (χ4v) is 4.42. The molecule has 1 aromatic rings. The number of carbonyl (C=O) groups excluding carboxylic acids is 1. The molecule has 2 fully saturated rings. The Bertz CT molecular complexity index is 823. The summed E-state index contributed by atoms with van der Waals surface area (Å²) in [6.07, 6.45) is 1.17. The summed E-state index contributed by atoms with van der Waals surface area (Å²) in [5, 5.41) is 3.68. The lowest BCUT2D eigenvalue weighted by Crippen LogP contribution is -2.50. The summed E-state index contributed by atoms with van der Waals surface area (Å²) in [5.74, 6) is 0.533. The summed E-state index contributed by atoms with van der Waals surface area (Å²) >= 11 is 0. The van der Waals surface area contributed by atoms with E-state index in [4.69, 9.17) is 4.74 Å². The van der Waals surface area contributed by atoms with Crippen LogP contribution in [0.4, 0.5) is 19.1 Å². The van der Waals surface area contributed by atoms with Crippen molar-refractivity contribution in [3.8, 4) is 0 Å². The minimum absolute atomic E-state index is 0.0222. The quantitative estimate of drug-likeness (QED) is 0.776. The molecule has 0 radical (unpaired) electrons. The third-order valence-electron chi connectivity index (χ3n) is 6.26. The van der Waals surface area contributed by atoms with Crippen molar-refractivity contribution >= 4 is 11.9 Å². The van der Waals surface area contributed by atoms with E-state index in [0.29, 0.717) is 44.6 Å². The lowest BCUT2D eigenvalue weighted by molar-refractivity contribution is -0.141. The predicted octanol–water partition coefficient (Wildman–Crippen LogP) is 2.25. The molecule has 1 N–H and O–H groups in total. The first kappa shape index (κ1) is 22.0. The third kappa shape index (κ3) is 5.17. The van der Waals surface area contributed by atoms with Crippen molar-refractivity contribution in [2.75, 3.05) is 44.3 Å². The molecule has 0 aromatic carbocycles. The molecule has 2 saturated heterocycles. The summed E-state index contributed by atoms with van der Waals surface area (Å²) in [5.41, 5.74) is -0.134. The normalized spacial score (nSPS) is 27.4. The Morgan fingerprint density at radius 3 is 2.74 bits per heavy atom. The van der Waals surface area contributed by atoms with Gasteiger partial charge in [-0.05, 0) is 31.2 Å². The Morgan fingerprint density at radius 1 is 1.26 bits per heavy atom. The second-order valence-corrected chi connectivity index (χ2v) is 8.50. The highest BCUT2D eigenvalue weighted by molar-refractivity contribution is 5.94. The van der Waals surface area contributed by atoms with Crippen molar-refractivity contribution in [3.63, 3.8) is 0 Å². The van der Waals surface area contributed by atoms with Gasteiger partial charge in [0.1, 0.15) is 5.69 Å². The molecule has 170 valence electrons. The molecule has 7 nitrogen and oxygen atoms in total. The van der Waals surface area contributed by atoms with Crippen molar-refractivity contribution in [2.24, 2.45) is 5.92 Å². The van der Waals surface area contributed by atoms with Crippen LogP contribution in [0.2, 0.25) is 0 Å². The third-order valence-corrected chi connectivity index (χ3v) is 6.26. The standard InChI is InChI=1S/C21H28F3N5O2/c1-14-13-31-11-5-17(14)26-16-3-2-15(12-16)19(30)28-7-9-29(10-8-28)20-25-6-4-18(27-20)21(22,23)24/h2,4,6,14,16-17,26H,3,5,7-13H2,1H3/t14?,16-,17?/m1/s1. The van der Waals surface area contributed by atoms with Gasteiger partial charge in [-0.25, -0.2) is 9.97 Å². The molecule has 1 aromatic heterocycles. The van der Waals surface area contributed by atoms with Crippen LogP contribution in [0.1, 0.15) is 31.9 Å². The zero-order valence-corrected chi connectivity index (χ0v) is 17.6. The van der Waals surface area contributed by atoms with Crippen LogP contribution in [0.15, 0.2) is 23.9 Å². The summed E-state index contributed by atoms with van der Waals surface area (Å²) in [7, 11) is 0. The highest BCUT2D eigenvalue weighted by Crippen LogP contribution is 2.29. The Morgan fingerprint density at radius 2 is 2.03 bits per heavy atom. The second kappa shape index (κ2) is 9.12. The van der Waals surface area contributed by atoms with Crippen LogP contribution in [0.5, 0.6) is 0 Å². The van der Waals surface area contributed by atoms with Gasteiger partial charge in [0.15, 0.2) is 0 Å². The largest absolute Gasteiger partial charge is 0.433 e. The van der Waals surface area contributed by atoms with Crippen LogP contribution in [0.25, 0.3) is 0 Å². The molecule has 3 heterocycles. The van der Waals surface area contributed by atoms with Crippen LogP contribution < -0.4 is 10.2 Å². The van der Waals surface area contributed by atoms with E-state index >= 15 is 0 Å². The molecule has 0 spiro atoms. The van der Waals surface area contributed by atoms with Gasteiger partial charge in [0, 0.05) is 56.6 Å². The van der Waals surface area contributed by atoms with Gasteiger partial charge in [0.2, 0.25) is 11.9 Å². The van der Waals surface area contributed by atoms with Gasteiger partial charge in [-0.15, -0.1) is 0 Å². The van der Waals surface area contributed by atoms with Crippen molar-refractivity contribution < 1.29 is 22.7 Å². The van der Waals surface area contributed by atoms with E-state index in [1.54, 1.807) is 9.80 Å². The number of rotatable bonds is 4. The molecule has 1 aliphatic carbocycles. The van der Waals surface area contributed by atoms with E-state index in [1.807, 2.05) is 6.08 Å². The highest BCUT2D eigenvalue weighted by Gasteiger charge is 2.34. The highest BCUT2D eigenvalue weighted by atomic mass is 19.4. The van der Waals surface area contributed by atoms with Gasteiger partial charge >= 0.3 is 6.18 Å². The van der Waals surface area contributed by atoms with E-state index in [0.717, 1.165) is 43.9 Å². The Kier molecular flexibility index (Phi) is 6.47. The lowest BCUT2D eigenvalue weighted by Gasteiger charge is -2.35. The summed E-state index contributed by atoms with van der Waals surface area (Å²) in [6, 6.07) is 1.54. The minimum Gasteiger partial charge on any atom is -0.381 e. The maximum absolute atomic E-state index is 12.9. The van der Waals surface area contributed by atoms with Gasteiger partial charge in [0.05, 0.1) is 6.61 Å².